The Hall–Kier alpha value is -2.35. The summed E-state index contributed by atoms with van der Waals surface area (Å²) in [7, 11) is 0. The van der Waals surface area contributed by atoms with Crippen LogP contribution in [-0.4, -0.2) is 0 Å². The van der Waals surface area contributed by atoms with Crippen LogP contribution in [0.15, 0.2) is 60.8 Å². The number of hydrogen-bond donors (Lipinski definition) is 1. The second-order valence-corrected chi connectivity index (χ2v) is 7.96. The van der Waals surface area contributed by atoms with E-state index >= 15 is 0 Å². The van der Waals surface area contributed by atoms with Gasteiger partial charge in [0.1, 0.15) is 5.82 Å². The monoisotopic (exact) mass is 393 g/mol. The summed E-state index contributed by atoms with van der Waals surface area (Å²) in [6, 6.07) is 14.1. The molecule has 0 aliphatic carbocycles. The van der Waals surface area contributed by atoms with Crippen molar-refractivity contribution >= 4 is 5.57 Å². The minimum absolute atomic E-state index is 0.0522. The molecule has 0 aromatic heterocycles. The molecule has 3 rings (SSSR count). The summed E-state index contributed by atoms with van der Waals surface area (Å²) in [5.74, 6) is 0.777. The lowest BCUT2D eigenvalue weighted by atomic mass is 9.90. The Morgan fingerprint density at radius 3 is 2.24 bits per heavy atom. The highest BCUT2D eigenvalue weighted by molar-refractivity contribution is 5.74. The van der Waals surface area contributed by atoms with Crippen molar-refractivity contribution in [2.75, 3.05) is 0 Å². The summed E-state index contributed by atoms with van der Waals surface area (Å²) in [6.07, 6.45) is 11.0. The largest absolute Gasteiger partial charge is 0.380 e. The number of allylic oxidation sites excluding steroid dienone is 2. The van der Waals surface area contributed by atoms with E-state index in [1.807, 2.05) is 24.4 Å². The minimum atomic E-state index is -0.158. The van der Waals surface area contributed by atoms with Crippen LogP contribution in [0, 0.1) is 18.7 Å². The van der Waals surface area contributed by atoms with E-state index in [9.17, 15) is 4.39 Å². The van der Waals surface area contributed by atoms with Crippen LogP contribution < -0.4 is 5.32 Å². The molecule has 0 fully saturated rings. The lowest BCUT2D eigenvalue weighted by Gasteiger charge is -2.25. The van der Waals surface area contributed by atoms with E-state index in [2.05, 4.69) is 63.4 Å². The van der Waals surface area contributed by atoms with Gasteiger partial charge in [-0.25, -0.2) is 4.39 Å². The smallest absolute Gasteiger partial charge is 0.126 e. The Morgan fingerprint density at radius 1 is 1.00 bits per heavy atom. The van der Waals surface area contributed by atoms with Crippen molar-refractivity contribution in [2.24, 2.45) is 5.92 Å². The standard InChI is InChI=1S/C21H22FN.C6H14/c1-3-5-16-7-9-17(10-8-16)19-6-4-13-23-21(19)18-11-12-20(22)15(2)14-18;1-4-6(3)5-2/h4,6-14,21,23H,3,5H2,1-2H3;6H,4-5H2,1-3H3. The maximum Gasteiger partial charge on any atom is 0.126 e. The molecule has 1 N–H and O–H groups in total. The number of halogens is 1. The van der Waals surface area contributed by atoms with E-state index in [1.165, 1.54) is 29.5 Å². The lowest BCUT2D eigenvalue weighted by Crippen LogP contribution is -2.19. The molecule has 2 aromatic carbocycles. The fourth-order valence-electron chi connectivity index (χ4n) is 3.32. The van der Waals surface area contributed by atoms with E-state index in [1.54, 1.807) is 13.0 Å². The van der Waals surface area contributed by atoms with E-state index in [4.69, 9.17) is 0 Å². The quantitative estimate of drug-likeness (QED) is 0.528. The molecule has 0 radical (unpaired) electrons. The summed E-state index contributed by atoms with van der Waals surface area (Å²) in [5.41, 5.74) is 5.54. The van der Waals surface area contributed by atoms with Crippen molar-refractivity contribution in [3.8, 4) is 0 Å². The molecule has 1 nitrogen and oxygen atoms in total. The van der Waals surface area contributed by atoms with Gasteiger partial charge in [-0.1, -0.05) is 89.4 Å². The van der Waals surface area contributed by atoms with Gasteiger partial charge in [-0.15, -0.1) is 0 Å². The summed E-state index contributed by atoms with van der Waals surface area (Å²) in [6.45, 7) is 10.7. The fourth-order valence-corrected chi connectivity index (χ4v) is 3.32. The van der Waals surface area contributed by atoms with Gasteiger partial charge in [-0.05, 0) is 65.4 Å². The summed E-state index contributed by atoms with van der Waals surface area (Å²) < 4.78 is 13.6. The molecule has 29 heavy (non-hydrogen) atoms. The zero-order chi connectivity index (χ0) is 21.2. The maximum absolute atomic E-state index is 13.6. The first-order valence-electron chi connectivity index (χ1n) is 11.0. The van der Waals surface area contributed by atoms with Gasteiger partial charge in [-0.2, -0.15) is 0 Å². The van der Waals surface area contributed by atoms with Crippen LogP contribution in [0.4, 0.5) is 4.39 Å². The number of dihydropyridines is 1. The minimum Gasteiger partial charge on any atom is -0.380 e. The van der Waals surface area contributed by atoms with Crippen LogP contribution in [0.3, 0.4) is 0 Å². The van der Waals surface area contributed by atoms with Gasteiger partial charge in [0.05, 0.1) is 6.04 Å². The van der Waals surface area contributed by atoms with E-state index < -0.39 is 0 Å². The van der Waals surface area contributed by atoms with E-state index in [0.29, 0.717) is 5.56 Å². The zero-order valence-electron chi connectivity index (χ0n) is 18.6. The molecule has 1 aliphatic heterocycles. The predicted molar refractivity (Wildman–Crippen MR) is 124 cm³/mol. The van der Waals surface area contributed by atoms with Gasteiger partial charge in [0.2, 0.25) is 0 Å². The van der Waals surface area contributed by atoms with Crippen molar-refractivity contribution < 1.29 is 4.39 Å². The number of nitrogens with one attached hydrogen (secondary N) is 1. The van der Waals surface area contributed by atoms with Crippen LogP contribution in [-0.2, 0) is 6.42 Å². The highest BCUT2D eigenvalue weighted by atomic mass is 19.1. The Kier molecular flexibility index (Phi) is 9.18. The Labute approximate surface area is 176 Å². The molecule has 2 aromatic rings. The average Bonchev–Trinajstić information content (AvgIpc) is 2.76. The van der Waals surface area contributed by atoms with E-state index in [-0.39, 0.29) is 11.9 Å². The molecule has 0 spiro atoms. The first kappa shape index (κ1) is 22.9. The average molecular weight is 394 g/mol. The van der Waals surface area contributed by atoms with Crippen LogP contribution >= 0.6 is 0 Å². The van der Waals surface area contributed by atoms with Crippen LogP contribution in [0.25, 0.3) is 5.57 Å². The van der Waals surface area contributed by atoms with Gasteiger partial charge in [-0.3, -0.25) is 0 Å². The highest BCUT2D eigenvalue weighted by Gasteiger charge is 2.19. The van der Waals surface area contributed by atoms with Crippen molar-refractivity contribution in [3.63, 3.8) is 0 Å². The Morgan fingerprint density at radius 2 is 1.69 bits per heavy atom. The molecule has 1 heterocycles. The van der Waals surface area contributed by atoms with Gasteiger partial charge in [0.25, 0.3) is 0 Å². The van der Waals surface area contributed by atoms with Gasteiger partial charge in [0.15, 0.2) is 0 Å². The van der Waals surface area contributed by atoms with Crippen molar-refractivity contribution in [1.82, 2.24) is 5.32 Å². The normalized spacial score (nSPS) is 15.4. The second kappa shape index (κ2) is 11.6. The van der Waals surface area contributed by atoms with Gasteiger partial charge < -0.3 is 5.32 Å². The zero-order valence-corrected chi connectivity index (χ0v) is 18.6. The molecule has 0 bridgehead atoms. The Balaban J connectivity index is 0.000000438. The SMILES string of the molecule is CCC(C)CC.CCCc1ccc(C2=CC=CNC2c2ccc(F)c(C)c2)cc1. The summed E-state index contributed by atoms with van der Waals surface area (Å²) >= 11 is 0. The molecule has 1 atom stereocenters. The maximum atomic E-state index is 13.6. The highest BCUT2D eigenvalue weighted by Crippen LogP contribution is 2.33. The third-order valence-electron chi connectivity index (χ3n) is 5.68. The predicted octanol–water partition coefficient (Wildman–Crippen LogP) is 7.77. The number of rotatable bonds is 6. The van der Waals surface area contributed by atoms with Gasteiger partial charge in [0, 0.05) is 0 Å². The van der Waals surface area contributed by atoms with Crippen LogP contribution in [0.5, 0.6) is 0 Å². The number of hydrogen-bond acceptors (Lipinski definition) is 1. The van der Waals surface area contributed by atoms with Crippen LogP contribution in [0.1, 0.15) is 75.3 Å². The topological polar surface area (TPSA) is 12.0 Å². The molecular weight excluding hydrogens is 357 g/mol. The number of benzene rings is 2. The molecular formula is C27H36FN. The summed E-state index contributed by atoms with van der Waals surface area (Å²) in [4.78, 5) is 0. The molecule has 1 unspecified atom stereocenters. The van der Waals surface area contributed by atoms with Gasteiger partial charge >= 0.3 is 0 Å². The first-order valence-corrected chi connectivity index (χ1v) is 11.0. The van der Waals surface area contributed by atoms with Crippen LogP contribution in [0.2, 0.25) is 0 Å². The summed E-state index contributed by atoms with van der Waals surface area (Å²) in [5, 5.41) is 3.40. The second-order valence-electron chi connectivity index (χ2n) is 7.96. The fraction of sp³-hybridized carbons (Fsp3) is 0.407. The Bertz CT molecular complexity index is 813. The van der Waals surface area contributed by atoms with Crippen molar-refractivity contribution in [2.45, 2.75) is 66.3 Å². The van der Waals surface area contributed by atoms with Crippen molar-refractivity contribution in [1.29, 1.82) is 0 Å². The van der Waals surface area contributed by atoms with E-state index in [0.717, 1.165) is 24.3 Å². The third-order valence-corrected chi connectivity index (χ3v) is 5.68. The number of aryl methyl sites for hydroxylation is 2. The molecule has 0 amide bonds. The van der Waals surface area contributed by atoms with Crippen molar-refractivity contribution in [3.05, 3.63) is 88.9 Å². The molecule has 2 heteroatoms. The first-order chi connectivity index (χ1) is 14.0. The lowest BCUT2D eigenvalue weighted by molar-refractivity contribution is 0.544. The molecule has 156 valence electrons. The molecule has 0 saturated carbocycles. The molecule has 1 aliphatic rings. The molecule has 0 saturated heterocycles. The third kappa shape index (κ3) is 6.59.